The maximum atomic E-state index is 12.5. The lowest BCUT2D eigenvalue weighted by Crippen LogP contribution is -2.50. The normalized spacial score (nSPS) is 20.8. The zero-order valence-corrected chi connectivity index (χ0v) is 17.7. The number of hydrogen-bond donors (Lipinski definition) is 1. The first kappa shape index (κ1) is 21.1. The molecule has 2 aromatic carbocycles. The van der Waals surface area contributed by atoms with Gasteiger partial charge in [0, 0.05) is 55.2 Å². The highest BCUT2D eigenvalue weighted by Crippen LogP contribution is 2.29. The Balaban J connectivity index is 1.15. The van der Waals surface area contributed by atoms with E-state index in [4.69, 9.17) is 4.74 Å². The van der Waals surface area contributed by atoms with Crippen LogP contribution in [0.15, 0.2) is 48.5 Å². The Morgan fingerprint density at radius 2 is 1.84 bits per heavy atom. The number of benzene rings is 2. The predicted molar refractivity (Wildman–Crippen MR) is 119 cm³/mol. The van der Waals surface area contributed by atoms with Crippen LogP contribution >= 0.6 is 0 Å². The van der Waals surface area contributed by atoms with E-state index in [2.05, 4.69) is 22.3 Å². The lowest BCUT2D eigenvalue weighted by molar-refractivity contribution is -0.385. The highest BCUT2D eigenvalue weighted by Gasteiger charge is 2.31. The van der Waals surface area contributed by atoms with Crippen molar-refractivity contribution in [1.29, 1.82) is 0 Å². The zero-order chi connectivity index (χ0) is 21.8. The van der Waals surface area contributed by atoms with Gasteiger partial charge in [-0.1, -0.05) is 18.2 Å². The van der Waals surface area contributed by atoms with Crippen molar-refractivity contribution in [2.75, 3.05) is 43.0 Å². The summed E-state index contributed by atoms with van der Waals surface area (Å²) in [7, 11) is 0. The van der Waals surface area contributed by atoms with Crippen molar-refractivity contribution in [1.82, 2.24) is 4.90 Å². The standard InChI is InChI=1S/C23H28N4O4/c1-17-13-18(7-8-22(17)27(29)30)24-19-14-21(15-19)31-16-23(28)26-11-9-25(10-12-26)20-5-3-2-4-6-20/h2-8,13,19,21,24H,9-12,14-16H2,1H3. The summed E-state index contributed by atoms with van der Waals surface area (Å²) in [5, 5.41) is 14.3. The summed E-state index contributed by atoms with van der Waals surface area (Å²) >= 11 is 0. The van der Waals surface area contributed by atoms with Crippen LogP contribution in [0.2, 0.25) is 0 Å². The Labute approximate surface area is 181 Å². The van der Waals surface area contributed by atoms with Crippen molar-refractivity contribution >= 4 is 23.0 Å². The molecule has 0 bridgehead atoms. The summed E-state index contributed by atoms with van der Waals surface area (Å²) in [5.74, 6) is 0.0510. The molecule has 8 nitrogen and oxygen atoms in total. The molecule has 2 fully saturated rings. The Hall–Kier alpha value is -3.13. The molecule has 4 rings (SSSR count). The van der Waals surface area contributed by atoms with Gasteiger partial charge in [-0.2, -0.15) is 0 Å². The van der Waals surface area contributed by atoms with Crippen LogP contribution in [-0.4, -0.2) is 60.7 Å². The summed E-state index contributed by atoms with van der Waals surface area (Å²) in [5.41, 5.74) is 2.84. The number of amides is 1. The number of rotatable bonds is 7. The second kappa shape index (κ2) is 9.34. The Bertz CT molecular complexity index is 922. The molecule has 0 atom stereocenters. The highest BCUT2D eigenvalue weighted by atomic mass is 16.6. The molecule has 0 aromatic heterocycles. The van der Waals surface area contributed by atoms with Crippen molar-refractivity contribution in [3.8, 4) is 0 Å². The number of carbonyl (C=O) groups excluding carboxylic acids is 1. The number of nitro benzene ring substituents is 1. The molecule has 31 heavy (non-hydrogen) atoms. The molecule has 2 aliphatic rings. The number of aryl methyl sites for hydroxylation is 1. The molecule has 0 spiro atoms. The van der Waals surface area contributed by atoms with E-state index in [-0.39, 0.29) is 35.3 Å². The van der Waals surface area contributed by atoms with E-state index in [1.54, 1.807) is 19.1 Å². The molecule has 2 aromatic rings. The van der Waals surface area contributed by atoms with Gasteiger partial charge in [0.05, 0.1) is 11.0 Å². The van der Waals surface area contributed by atoms with Gasteiger partial charge in [0.1, 0.15) is 6.61 Å². The van der Waals surface area contributed by atoms with Crippen molar-refractivity contribution < 1.29 is 14.5 Å². The average molecular weight is 425 g/mol. The maximum Gasteiger partial charge on any atom is 0.272 e. The number of nitrogens with one attached hydrogen (secondary N) is 1. The molecule has 1 saturated carbocycles. The van der Waals surface area contributed by atoms with E-state index >= 15 is 0 Å². The molecule has 0 unspecified atom stereocenters. The molecule has 1 amide bonds. The number of carbonyl (C=O) groups is 1. The summed E-state index contributed by atoms with van der Waals surface area (Å²) in [6, 6.07) is 15.6. The molecule has 0 radical (unpaired) electrons. The minimum atomic E-state index is -0.370. The third-order valence-corrected chi connectivity index (χ3v) is 6.06. The number of ether oxygens (including phenoxy) is 1. The van der Waals surface area contributed by atoms with Crippen molar-refractivity contribution in [2.45, 2.75) is 31.9 Å². The van der Waals surface area contributed by atoms with Gasteiger partial charge >= 0.3 is 0 Å². The van der Waals surface area contributed by atoms with Crippen LogP contribution in [0, 0.1) is 17.0 Å². The summed E-state index contributed by atoms with van der Waals surface area (Å²) in [6.07, 6.45) is 1.72. The quantitative estimate of drug-likeness (QED) is 0.542. The Morgan fingerprint density at radius 3 is 2.48 bits per heavy atom. The number of hydrogen-bond acceptors (Lipinski definition) is 6. The van der Waals surface area contributed by atoms with E-state index in [1.807, 2.05) is 23.1 Å². The largest absolute Gasteiger partial charge is 0.382 e. The van der Waals surface area contributed by atoms with Crippen molar-refractivity contribution in [3.63, 3.8) is 0 Å². The molecule has 164 valence electrons. The monoisotopic (exact) mass is 424 g/mol. The second-order valence-electron chi connectivity index (χ2n) is 8.21. The van der Waals surface area contributed by atoms with Crippen LogP contribution in [0.3, 0.4) is 0 Å². The first-order valence-electron chi connectivity index (χ1n) is 10.7. The van der Waals surface area contributed by atoms with Gasteiger partial charge < -0.3 is 19.9 Å². The van der Waals surface area contributed by atoms with Gasteiger partial charge in [-0.05, 0) is 44.0 Å². The van der Waals surface area contributed by atoms with Crippen LogP contribution in [-0.2, 0) is 9.53 Å². The number of piperazine rings is 1. The van der Waals surface area contributed by atoms with E-state index in [9.17, 15) is 14.9 Å². The fourth-order valence-electron chi connectivity index (χ4n) is 4.14. The third-order valence-electron chi connectivity index (χ3n) is 6.06. The SMILES string of the molecule is Cc1cc(NC2CC(OCC(=O)N3CCN(c4ccccc4)CC3)C2)ccc1[N+](=O)[O-]. The lowest BCUT2D eigenvalue weighted by Gasteiger charge is -2.38. The van der Waals surface area contributed by atoms with Gasteiger partial charge in [0.15, 0.2) is 0 Å². The molecule has 1 aliphatic heterocycles. The summed E-state index contributed by atoms with van der Waals surface area (Å²) in [6.45, 7) is 4.96. The number of nitrogens with zero attached hydrogens (tertiary/aromatic N) is 3. The molecular formula is C23H28N4O4. The molecular weight excluding hydrogens is 396 g/mol. The van der Waals surface area contributed by atoms with Crippen molar-refractivity contribution in [2.24, 2.45) is 0 Å². The van der Waals surface area contributed by atoms with E-state index in [0.717, 1.165) is 31.6 Å². The molecule has 1 heterocycles. The fourth-order valence-corrected chi connectivity index (χ4v) is 4.14. The smallest absolute Gasteiger partial charge is 0.272 e. The van der Waals surface area contributed by atoms with Crippen LogP contribution in [0.1, 0.15) is 18.4 Å². The van der Waals surface area contributed by atoms with Gasteiger partial charge in [-0.25, -0.2) is 0 Å². The third kappa shape index (κ3) is 5.14. The number of anilines is 2. The first-order chi connectivity index (χ1) is 15.0. The summed E-state index contributed by atoms with van der Waals surface area (Å²) < 4.78 is 5.81. The van der Waals surface area contributed by atoms with Crippen LogP contribution in [0.25, 0.3) is 0 Å². The van der Waals surface area contributed by atoms with Crippen LogP contribution in [0.5, 0.6) is 0 Å². The fraction of sp³-hybridized carbons (Fsp3) is 0.435. The topological polar surface area (TPSA) is 88.0 Å². The Kier molecular flexibility index (Phi) is 6.36. The average Bonchev–Trinajstić information content (AvgIpc) is 2.75. The van der Waals surface area contributed by atoms with Gasteiger partial charge in [0.25, 0.3) is 5.69 Å². The highest BCUT2D eigenvalue weighted by molar-refractivity contribution is 5.77. The van der Waals surface area contributed by atoms with E-state index in [1.165, 1.54) is 11.8 Å². The molecule has 1 N–H and O–H groups in total. The maximum absolute atomic E-state index is 12.5. The second-order valence-corrected chi connectivity index (χ2v) is 8.21. The Morgan fingerprint density at radius 1 is 1.13 bits per heavy atom. The number of nitro groups is 1. The van der Waals surface area contributed by atoms with Crippen LogP contribution in [0.4, 0.5) is 17.1 Å². The predicted octanol–water partition coefficient (Wildman–Crippen LogP) is 3.21. The van der Waals surface area contributed by atoms with Crippen molar-refractivity contribution in [3.05, 3.63) is 64.2 Å². The van der Waals surface area contributed by atoms with E-state index in [0.29, 0.717) is 18.7 Å². The first-order valence-corrected chi connectivity index (χ1v) is 10.7. The van der Waals surface area contributed by atoms with Crippen LogP contribution < -0.4 is 10.2 Å². The zero-order valence-electron chi connectivity index (χ0n) is 17.7. The minimum absolute atomic E-state index is 0.0510. The number of para-hydroxylation sites is 1. The molecule has 1 saturated heterocycles. The molecule has 8 heteroatoms. The van der Waals surface area contributed by atoms with Gasteiger partial charge in [-0.15, -0.1) is 0 Å². The van der Waals surface area contributed by atoms with Gasteiger partial charge in [0.2, 0.25) is 5.91 Å². The summed E-state index contributed by atoms with van der Waals surface area (Å²) in [4.78, 5) is 27.2. The lowest BCUT2D eigenvalue weighted by atomic mass is 9.89. The van der Waals surface area contributed by atoms with Gasteiger partial charge in [-0.3, -0.25) is 14.9 Å². The molecule has 1 aliphatic carbocycles. The minimum Gasteiger partial charge on any atom is -0.382 e. The van der Waals surface area contributed by atoms with E-state index < -0.39 is 0 Å².